The molecule has 1 aromatic heterocycles. The SMILES string of the molecule is CCN(CC)c1ncnc2ccc(-c3cccc(CN(C)C(=O)c4ccc(C#N)cc4)c3)cc12. The summed E-state index contributed by atoms with van der Waals surface area (Å²) in [5, 5.41) is 9.99. The Morgan fingerprint density at radius 3 is 2.38 bits per heavy atom. The molecule has 0 fully saturated rings. The van der Waals surface area contributed by atoms with Crippen molar-refractivity contribution in [1.29, 1.82) is 5.26 Å². The van der Waals surface area contributed by atoms with Crippen molar-refractivity contribution in [1.82, 2.24) is 14.9 Å². The molecule has 0 unspecified atom stereocenters. The van der Waals surface area contributed by atoms with Gasteiger partial charge in [-0.3, -0.25) is 4.79 Å². The van der Waals surface area contributed by atoms with Gasteiger partial charge in [0.25, 0.3) is 5.91 Å². The molecule has 4 rings (SSSR count). The van der Waals surface area contributed by atoms with Crippen LogP contribution in [-0.4, -0.2) is 40.9 Å². The number of fused-ring (bicyclic) bond motifs is 1. The number of benzene rings is 3. The first-order valence-electron chi connectivity index (χ1n) is 11.4. The molecule has 1 amide bonds. The van der Waals surface area contributed by atoms with Crippen LogP contribution >= 0.6 is 0 Å². The fraction of sp³-hybridized carbons (Fsp3) is 0.214. The molecule has 0 N–H and O–H groups in total. The normalized spacial score (nSPS) is 10.6. The third-order valence-electron chi connectivity index (χ3n) is 5.96. The summed E-state index contributed by atoms with van der Waals surface area (Å²) in [6.07, 6.45) is 1.62. The molecule has 0 saturated heterocycles. The Labute approximate surface area is 200 Å². The maximum atomic E-state index is 12.8. The lowest BCUT2D eigenvalue weighted by molar-refractivity contribution is 0.0785. The van der Waals surface area contributed by atoms with Crippen LogP contribution in [0, 0.1) is 11.3 Å². The zero-order valence-electron chi connectivity index (χ0n) is 19.7. The van der Waals surface area contributed by atoms with Crippen LogP contribution in [0.1, 0.15) is 35.3 Å². The molecule has 4 aromatic rings. The molecule has 34 heavy (non-hydrogen) atoms. The van der Waals surface area contributed by atoms with Crippen molar-refractivity contribution in [3.63, 3.8) is 0 Å². The first-order chi connectivity index (χ1) is 16.5. The van der Waals surface area contributed by atoms with Crippen molar-refractivity contribution in [2.45, 2.75) is 20.4 Å². The highest BCUT2D eigenvalue weighted by Gasteiger charge is 2.14. The van der Waals surface area contributed by atoms with Crippen molar-refractivity contribution in [2.75, 3.05) is 25.0 Å². The predicted octanol–water partition coefficient (Wildman–Crippen LogP) is 5.29. The summed E-state index contributed by atoms with van der Waals surface area (Å²) >= 11 is 0. The van der Waals surface area contributed by atoms with E-state index in [1.54, 1.807) is 42.5 Å². The molecule has 3 aromatic carbocycles. The van der Waals surface area contributed by atoms with Gasteiger partial charge in [-0.2, -0.15) is 5.26 Å². The molecular weight excluding hydrogens is 422 g/mol. The van der Waals surface area contributed by atoms with E-state index >= 15 is 0 Å². The molecule has 0 bridgehead atoms. The van der Waals surface area contributed by atoms with Crippen molar-refractivity contribution in [3.8, 4) is 17.2 Å². The largest absolute Gasteiger partial charge is 0.357 e. The van der Waals surface area contributed by atoms with Gasteiger partial charge in [-0.1, -0.05) is 24.3 Å². The Balaban J connectivity index is 1.60. The highest BCUT2D eigenvalue weighted by molar-refractivity contribution is 5.94. The number of hydrogen-bond donors (Lipinski definition) is 0. The first-order valence-corrected chi connectivity index (χ1v) is 11.4. The Bertz CT molecular complexity index is 1350. The van der Waals surface area contributed by atoms with Crippen molar-refractivity contribution in [2.24, 2.45) is 0 Å². The van der Waals surface area contributed by atoms with E-state index in [2.05, 4.69) is 59.1 Å². The summed E-state index contributed by atoms with van der Waals surface area (Å²) < 4.78 is 0. The number of nitriles is 1. The number of nitrogens with zero attached hydrogens (tertiary/aromatic N) is 5. The molecule has 1 heterocycles. The maximum Gasteiger partial charge on any atom is 0.253 e. The predicted molar refractivity (Wildman–Crippen MR) is 135 cm³/mol. The van der Waals surface area contributed by atoms with E-state index in [1.165, 1.54) is 0 Å². The maximum absolute atomic E-state index is 12.8. The number of carbonyl (C=O) groups excluding carboxylic acids is 1. The Morgan fingerprint density at radius 2 is 1.68 bits per heavy atom. The fourth-order valence-corrected chi connectivity index (χ4v) is 4.10. The van der Waals surface area contributed by atoms with Gasteiger partial charge in [0.15, 0.2) is 0 Å². The van der Waals surface area contributed by atoms with Crippen LogP contribution in [-0.2, 0) is 6.54 Å². The third kappa shape index (κ3) is 4.74. The number of anilines is 1. The Kier molecular flexibility index (Phi) is 6.84. The molecule has 0 spiro atoms. The standard InChI is InChI=1S/C28H27N5O/c1-4-33(5-2)27-25-16-24(13-14-26(25)30-19-31-27)23-8-6-7-21(15-23)18-32(3)28(34)22-11-9-20(17-29)10-12-22/h6-16,19H,4-5,18H2,1-3H3. The van der Waals surface area contributed by atoms with Gasteiger partial charge in [0, 0.05) is 37.6 Å². The molecule has 0 aliphatic carbocycles. The van der Waals surface area contributed by atoms with E-state index < -0.39 is 0 Å². The Morgan fingerprint density at radius 1 is 0.941 bits per heavy atom. The second kappa shape index (κ2) is 10.1. The number of hydrogen-bond acceptors (Lipinski definition) is 5. The van der Waals surface area contributed by atoms with Gasteiger partial charge in [0.1, 0.15) is 12.1 Å². The van der Waals surface area contributed by atoms with Crippen LogP contribution in [0.2, 0.25) is 0 Å². The Hall–Kier alpha value is -4.24. The van der Waals surface area contributed by atoms with Gasteiger partial charge in [0.2, 0.25) is 0 Å². The molecule has 0 aliphatic rings. The van der Waals surface area contributed by atoms with Crippen LogP contribution in [0.15, 0.2) is 73.1 Å². The lowest BCUT2D eigenvalue weighted by Gasteiger charge is -2.21. The molecule has 6 nitrogen and oxygen atoms in total. The fourth-order valence-electron chi connectivity index (χ4n) is 4.10. The second-order valence-corrected chi connectivity index (χ2v) is 8.15. The minimum atomic E-state index is -0.0818. The molecule has 6 heteroatoms. The van der Waals surface area contributed by atoms with Gasteiger partial charge >= 0.3 is 0 Å². The summed E-state index contributed by atoms with van der Waals surface area (Å²) in [5.74, 6) is 0.863. The van der Waals surface area contributed by atoms with Crippen molar-refractivity contribution >= 4 is 22.6 Å². The van der Waals surface area contributed by atoms with Gasteiger partial charge in [0.05, 0.1) is 17.1 Å². The average Bonchev–Trinajstić information content (AvgIpc) is 2.89. The molecule has 0 saturated carbocycles. The van der Waals surface area contributed by atoms with E-state index in [0.717, 1.165) is 46.5 Å². The summed E-state index contributed by atoms with van der Waals surface area (Å²) in [6, 6.07) is 23.3. The number of amides is 1. The number of carbonyl (C=O) groups is 1. The smallest absolute Gasteiger partial charge is 0.253 e. The summed E-state index contributed by atoms with van der Waals surface area (Å²) in [4.78, 5) is 25.7. The van der Waals surface area contributed by atoms with Gasteiger partial charge in [-0.25, -0.2) is 9.97 Å². The van der Waals surface area contributed by atoms with Crippen molar-refractivity contribution in [3.05, 3.63) is 89.7 Å². The van der Waals surface area contributed by atoms with Gasteiger partial charge < -0.3 is 9.80 Å². The third-order valence-corrected chi connectivity index (χ3v) is 5.96. The van der Waals surface area contributed by atoms with Gasteiger partial charge in [-0.15, -0.1) is 0 Å². The molecular formula is C28H27N5O. The number of rotatable bonds is 7. The number of aromatic nitrogens is 2. The summed E-state index contributed by atoms with van der Waals surface area (Å²) in [6.45, 7) is 6.48. The lowest BCUT2D eigenvalue weighted by Crippen LogP contribution is -2.26. The van der Waals surface area contributed by atoms with E-state index in [1.807, 2.05) is 18.2 Å². The zero-order chi connectivity index (χ0) is 24.1. The van der Waals surface area contributed by atoms with Crippen LogP contribution in [0.3, 0.4) is 0 Å². The van der Waals surface area contributed by atoms with Crippen LogP contribution in [0.4, 0.5) is 5.82 Å². The summed E-state index contributed by atoms with van der Waals surface area (Å²) in [5.41, 5.74) is 5.22. The molecule has 0 radical (unpaired) electrons. The highest BCUT2D eigenvalue weighted by atomic mass is 16.2. The van der Waals surface area contributed by atoms with Crippen LogP contribution in [0.5, 0.6) is 0 Å². The minimum absolute atomic E-state index is 0.0818. The first kappa shape index (κ1) is 22.9. The monoisotopic (exact) mass is 449 g/mol. The zero-order valence-corrected chi connectivity index (χ0v) is 19.7. The highest BCUT2D eigenvalue weighted by Crippen LogP contribution is 2.29. The second-order valence-electron chi connectivity index (χ2n) is 8.15. The lowest BCUT2D eigenvalue weighted by atomic mass is 10.0. The van der Waals surface area contributed by atoms with E-state index in [4.69, 9.17) is 5.26 Å². The topological polar surface area (TPSA) is 73.1 Å². The van der Waals surface area contributed by atoms with Crippen molar-refractivity contribution < 1.29 is 4.79 Å². The van der Waals surface area contributed by atoms with Gasteiger partial charge in [-0.05, 0) is 73.0 Å². The van der Waals surface area contributed by atoms with Crippen LogP contribution in [0.25, 0.3) is 22.0 Å². The average molecular weight is 450 g/mol. The molecule has 0 aliphatic heterocycles. The minimum Gasteiger partial charge on any atom is -0.357 e. The van der Waals surface area contributed by atoms with E-state index in [9.17, 15) is 4.79 Å². The quantitative estimate of drug-likeness (QED) is 0.383. The van der Waals surface area contributed by atoms with E-state index in [0.29, 0.717) is 17.7 Å². The van der Waals surface area contributed by atoms with Crippen LogP contribution < -0.4 is 4.90 Å². The molecule has 170 valence electrons. The summed E-state index contributed by atoms with van der Waals surface area (Å²) in [7, 11) is 1.79. The molecule has 0 atom stereocenters. The van der Waals surface area contributed by atoms with E-state index in [-0.39, 0.29) is 5.91 Å².